The number of aromatic nitrogens is 3. The predicted molar refractivity (Wildman–Crippen MR) is 92.3 cm³/mol. The molecular weight excluding hydrogens is 324 g/mol. The summed E-state index contributed by atoms with van der Waals surface area (Å²) in [5.74, 6) is -0.197. The highest BCUT2D eigenvalue weighted by atomic mass is 32.1. The van der Waals surface area contributed by atoms with Gasteiger partial charge in [0, 0.05) is 19.0 Å². The van der Waals surface area contributed by atoms with Crippen LogP contribution in [0.15, 0.2) is 42.9 Å². The van der Waals surface area contributed by atoms with Gasteiger partial charge in [-0.05, 0) is 25.0 Å². The molecule has 0 N–H and O–H groups in total. The predicted octanol–water partition coefficient (Wildman–Crippen LogP) is 2.91. The lowest BCUT2D eigenvalue weighted by molar-refractivity contribution is 0.0913. The van der Waals surface area contributed by atoms with Crippen LogP contribution in [0, 0.1) is 0 Å². The number of hydrogen-bond donors (Lipinski definition) is 0. The summed E-state index contributed by atoms with van der Waals surface area (Å²) >= 11 is 1.50. The maximum atomic E-state index is 12.9. The van der Waals surface area contributed by atoms with E-state index in [1.165, 1.54) is 23.7 Å². The van der Waals surface area contributed by atoms with Crippen LogP contribution in [0.3, 0.4) is 0 Å². The van der Waals surface area contributed by atoms with Crippen LogP contribution in [0.2, 0.25) is 0 Å². The summed E-state index contributed by atoms with van der Waals surface area (Å²) in [5, 5.41) is 0.669. The summed E-state index contributed by atoms with van der Waals surface area (Å²) in [4.78, 5) is 27.4. The second kappa shape index (κ2) is 6.62. The van der Waals surface area contributed by atoms with Crippen molar-refractivity contribution in [2.75, 3.05) is 18.1 Å². The molecule has 1 unspecified atom stereocenters. The summed E-state index contributed by atoms with van der Waals surface area (Å²) in [7, 11) is 0. The second-order valence-corrected chi connectivity index (χ2v) is 6.61. The number of nitrogens with zero attached hydrogens (tertiary/aromatic N) is 4. The van der Waals surface area contributed by atoms with E-state index in [9.17, 15) is 4.79 Å². The van der Waals surface area contributed by atoms with Crippen LogP contribution >= 0.6 is 11.3 Å². The van der Waals surface area contributed by atoms with Crippen molar-refractivity contribution >= 4 is 32.6 Å². The van der Waals surface area contributed by atoms with Gasteiger partial charge in [0.2, 0.25) is 0 Å². The number of ether oxygens (including phenoxy) is 1. The van der Waals surface area contributed by atoms with Crippen molar-refractivity contribution in [3.05, 3.63) is 48.5 Å². The molecule has 0 bridgehead atoms. The van der Waals surface area contributed by atoms with Gasteiger partial charge in [-0.2, -0.15) is 0 Å². The lowest BCUT2D eigenvalue weighted by Gasteiger charge is -2.22. The summed E-state index contributed by atoms with van der Waals surface area (Å²) in [6.07, 6.45) is 6.58. The summed E-state index contributed by atoms with van der Waals surface area (Å²) in [6.45, 7) is 1.23. The van der Waals surface area contributed by atoms with Crippen molar-refractivity contribution in [2.45, 2.75) is 18.9 Å². The van der Waals surface area contributed by atoms with Gasteiger partial charge < -0.3 is 4.74 Å². The SMILES string of the molecule is O=C(c1cnccn1)N(CC1CCCO1)c1nc2ccccc2s1. The summed E-state index contributed by atoms with van der Waals surface area (Å²) in [5.41, 5.74) is 1.21. The number of carbonyl (C=O) groups is 1. The van der Waals surface area contributed by atoms with E-state index in [0.717, 1.165) is 29.7 Å². The number of carbonyl (C=O) groups excluding carboxylic acids is 1. The molecule has 1 fully saturated rings. The number of hydrogen-bond acceptors (Lipinski definition) is 6. The number of fused-ring (bicyclic) bond motifs is 1. The molecular formula is C17H16N4O2S. The van der Waals surface area contributed by atoms with Gasteiger partial charge in [0.1, 0.15) is 5.69 Å². The van der Waals surface area contributed by atoms with E-state index in [4.69, 9.17) is 4.74 Å². The minimum atomic E-state index is -0.197. The molecule has 1 aromatic carbocycles. The molecule has 122 valence electrons. The van der Waals surface area contributed by atoms with Crippen molar-refractivity contribution < 1.29 is 9.53 Å². The molecule has 6 nitrogen and oxygen atoms in total. The first-order valence-corrected chi connectivity index (χ1v) is 8.68. The van der Waals surface area contributed by atoms with E-state index in [0.29, 0.717) is 17.4 Å². The molecule has 1 amide bonds. The molecule has 0 radical (unpaired) electrons. The Balaban J connectivity index is 1.70. The Kier molecular flexibility index (Phi) is 4.18. The lowest BCUT2D eigenvalue weighted by atomic mass is 10.2. The second-order valence-electron chi connectivity index (χ2n) is 5.61. The van der Waals surface area contributed by atoms with Gasteiger partial charge in [0.05, 0.1) is 29.1 Å². The normalized spacial score (nSPS) is 17.2. The van der Waals surface area contributed by atoms with Crippen molar-refractivity contribution in [2.24, 2.45) is 0 Å². The quantitative estimate of drug-likeness (QED) is 0.730. The highest BCUT2D eigenvalue weighted by Gasteiger charge is 2.27. The lowest BCUT2D eigenvalue weighted by Crippen LogP contribution is -2.38. The van der Waals surface area contributed by atoms with Gasteiger partial charge in [-0.3, -0.25) is 14.7 Å². The van der Waals surface area contributed by atoms with Crippen LogP contribution in [0.4, 0.5) is 5.13 Å². The first kappa shape index (κ1) is 15.2. The number of para-hydroxylation sites is 1. The van der Waals surface area contributed by atoms with Gasteiger partial charge in [-0.15, -0.1) is 0 Å². The molecule has 3 aromatic rings. The molecule has 0 spiro atoms. The monoisotopic (exact) mass is 340 g/mol. The number of thiazole rings is 1. The Bertz CT molecular complexity index is 813. The Hall–Kier alpha value is -2.38. The zero-order valence-corrected chi connectivity index (χ0v) is 13.8. The largest absolute Gasteiger partial charge is 0.376 e. The number of anilines is 1. The summed E-state index contributed by atoms with van der Waals surface area (Å²) in [6, 6.07) is 7.87. The zero-order valence-electron chi connectivity index (χ0n) is 13.0. The van der Waals surface area contributed by atoms with E-state index >= 15 is 0 Å². The number of rotatable bonds is 4. The molecule has 0 saturated carbocycles. The molecule has 1 aliphatic rings. The third-order valence-electron chi connectivity index (χ3n) is 3.95. The molecule has 24 heavy (non-hydrogen) atoms. The van der Waals surface area contributed by atoms with E-state index < -0.39 is 0 Å². The Morgan fingerprint density at radius 2 is 2.25 bits per heavy atom. The average molecular weight is 340 g/mol. The van der Waals surface area contributed by atoms with E-state index in [-0.39, 0.29) is 12.0 Å². The van der Waals surface area contributed by atoms with Gasteiger partial charge in [-0.25, -0.2) is 9.97 Å². The molecule has 1 aliphatic heterocycles. The van der Waals surface area contributed by atoms with Crippen molar-refractivity contribution in [1.82, 2.24) is 15.0 Å². The third kappa shape index (κ3) is 3.00. The fourth-order valence-corrected chi connectivity index (χ4v) is 3.74. The molecule has 3 heterocycles. The molecule has 2 aromatic heterocycles. The van der Waals surface area contributed by atoms with E-state index in [2.05, 4.69) is 15.0 Å². The van der Waals surface area contributed by atoms with Gasteiger partial charge >= 0.3 is 0 Å². The van der Waals surface area contributed by atoms with Crippen LogP contribution in [0.1, 0.15) is 23.3 Å². The fourth-order valence-electron chi connectivity index (χ4n) is 2.76. The molecule has 0 aliphatic carbocycles. The Morgan fingerprint density at radius 1 is 1.33 bits per heavy atom. The van der Waals surface area contributed by atoms with Crippen LogP contribution in [0.25, 0.3) is 10.2 Å². The zero-order chi connectivity index (χ0) is 16.4. The third-order valence-corrected chi connectivity index (χ3v) is 5.01. The topological polar surface area (TPSA) is 68.2 Å². The van der Waals surface area contributed by atoms with Crippen molar-refractivity contribution in [3.63, 3.8) is 0 Å². The van der Waals surface area contributed by atoms with Gasteiger partial charge in [-0.1, -0.05) is 23.5 Å². The smallest absolute Gasteiger partial charge is 0.280 e. The maximum absolute atomic E-state index is 12.9. The number of amides is 1. The first-order valence-electron chi connectivity index (χ1n) is 7.86. The van der Waals surface area contributed by atoms with Gasteiger partial charge in [0.15, 0.2) is 5.13 Å². The van der Waals surface area contributed by atoms with E-state index in [1.54, 1.807) is 11.1 Å². The standard InChI is InChI=1S/C17H16N4O2S/c22-16(14-10-18-7-8-19-14)21(11-12-4-3-9-23-12)17-20-13-5-1-2-6-15(13)24-17/h1-2,5-8,10,12H,3-4,9,11H2. The van der Waals surface area contributed by atoms with Crippen LogP contribution in [0.5, 0.6) is 0 Å². The minimum absolute atomic E-state index is 0.0395. The Labute approximate surface area is 143 Å². The fraction of sp³-hybridized carbons (Fsp3) is 0.294. The highest BCUT2D eigenvalue weighted by Crippen LogP contribution is 2.30. The van der Waals surface area contributed by atoms with E-state index in [1.807, 2.05) is 24.3 Å². The van der Waals surface area contributed by atoms with Crippen LogP contribution in [-0.2, 0) is 4.74 Å². The Morgan fingerprint density at radius 3 is 3.00 bits per heavy atom. The molecule has 1 atom stereocenters. The highest BCUT2D eigenvalue weighted by molar-refractivity contribution is 7.22. The first-order chi connectivity index (χ1) is 11.8. The molecule has 7 heteroatoms. The van der Waals surface area contributed by atoms with Crippen molar-refractivity contribution in [3.8, 4) is 0 Å². The number of benzene rings is 1. The van der Waals surface area contributed by atoms with Crippen LogP contribution in [-0.4, -0.2) is 40.1 Å². The maximum Gasteiger partial charge on any atom is 0.280 e. The molecule has 4 rings (SSSR count). The molecule has 1 saturated heterocycles. The minimum Gasteiger partial charge on any atom is -0.376 e. The average Bonchev–Trinajstić information content (AvgIpc) is 3.29. The van der Waals surface area contributed by atoms with Gasteiger partial charge in [0.25, 0.3) is 5.91 Å². The van der Waals surface area contributed by atoms with Crippen molar-refractivity contribution in [1.29, 1.82) is 0 Å². The summed E-state index contributed by atoms with van der Waals surface area (Å²) < 4.78 is 6.76. The van der Waals surface area contributed by atoms with Crippen LogP contribution < -0.4 is 4.90 Å².